The van der Waals surface area contributed by atoms with E-state index in [0.29, 0.717) is 12.1 Å². The van der Waals surface area contributed by atoms with Crippen LogP contribution in [-0.2, 0) is 11.3 Å². The van der Waals surface area contributed by atoms with Gasteiger partial charge in [0.1, 0.15) is 0 Å². The lowest BCUT2D eigenvalue weighted by molar-refractivity contribution is 0.113. The summed E-state index contributed by atoms with van der Waals surface area (Å²) in [5.74, 6) is 0. The Balaban J connectivity index is 1.68. The number of hydrogen-bond donors (Lipinski definition) is 1. The molecule has 0 amide bonds. The van der Waals surface area contributed by atoms with Crippen molar-refractivity contribution in [3.8, 4) is 0 Å². The van der Waals surface area contributed by atoms with Crippen LogP contribution in [0.2, 0.25) is 0 Å². The molecule has 2 atom stereocenters. The van der Waals surface area contributed by atoms with Crippen LogP contribution in [0.25, 0.3) is 0 Å². The molecule has 0 spiro atoms. The summed E-state index contributed by atoms with van der Waals surface area (Å²) < 4.78 is 7.41. The van der Waals surface area contributed by atoms with Gasteiger partial charge in [-0.25, -0.2) is 0 Å². The molecule has 78 valence electrons. The fourth-order valence-corrected chi connectivity index (χ4v) is 1.80. The summed E-state index contributed by atoms with van der Waals surface area (Å²) in [5.41, 5.74) is 0. The zero-order valence-corrected chi connectivity index (χ0v) is 8.52. The standard InChI is InChI=1S/C10H17N3O/c1-9-10(3-8-14-9)11-5-7-13-6-2-4-12-13/h2,4,6,9-11H,3,5,7-8H2,1H3. The first kappa shape index (κ1) is 9.68. The van der Waals surface area contributed by atoms with Crippen LogP contribution in [0.1, 0.15) is 13.3 Å². The molecule has 0 saturated carbocycles. The minimum absolute atomic E-state index is 0.354. The molecular weight excluding hydrogens is 178 g/mol. The molecular formula is C10H17N3O. The Morgan fingerprint density at radius 1 is 1.64 bits per heavy atom. The Kier molecular flexibility index (Phi) is 3.16. The van der Waals surface area contributed by atoms with Gasteiger partial charge in [0.2, 0.25) is 0 Å². The van der Waals surface area contributed by atoms with Crippen LogP contribution in [0.5, 0.6) is 0 Å². The minimum Gasteiger partial charge on any atom is -0.377 e. The highest BCUT2D eigenvalue weighted by Crippen LogP contribution is 2.11. The van der Waals surface area contributed by atoms with E-state index in [1.165, 1.54) is 0 Å². The average molecular weight is 195 g/mol. The van der Waals surface area contributed by atoms with E-state index in [-0.39, 0.29) is 0 Å². The van der Waals surface area contributed by atoms with E-state index in [4.69, 9.17) is 4.74 Å². The Bertz CT molecular complexity index is 260. The average Bonchev–Trinajstić information content (AvgIpc) is 2.78. The highest BCUT2D eigenvalue weighted by atomic mass is 16.5. The van der Waals surface area contributed by atoms with E-state index >= 15 is 0 Å². The normalized spacial score (nSPS) is 26.9. The first-order valence-electron chi connectivity index (χ1n) is 5.18. The zero-order chi connectivity index (χ0) is 9.80. The third-order valence-corrected chi connectivity index (χ3v) is 2.68. The Morgan fingerprint density at radius 2 is 2.57 bits per heavy atom. The molecule has 4 heteroatoms. The van der Waals surface area contributed by atoms with E-state index in [0.717, 1.165) is 26.1 Å². The Labute approximate surface area is 84.3 Å². The molecule has 1 aromatic heterocycles. The van der Waals surface area contributed by atoms with Crippen LogP contribution < -0.4 is 5.32 Å². The minimum atomic E-state index is 0.354. The molecule has 2 heterocycles. The van der Waals surface area contributed by atoms with Crippen LogP contribution >= 0.6 is 0 Å². The second-order valence-electron chi connectivity index (χ2n) is 3.69. The molecule has 1 N–H and O–H groups in total. The molecule has 1 aromatic rings. The quantitative estimate of drug-likeness (QED) is 0.766. The van der Waals surface area contributed by atoms with Gasteiger partial charge in [-0.15, -0.1) is 0 Å². The van der Waals surface area contributed by atoms with Crippen molar-refractivity contribution >= 4 is 0 Å². The monoisotopic (exact) mass is 195 g/mol. The van der Waals surface area contributed by atoms with E-state index < -0.39 is 0 Å². The molecule has 2 unspecified atom stereocenters. The molecule has 1 aliphatic heterocycles. The fraction of sp³-hybridized carbons (Fsp3) is 0.700. The summed E-state index contributed by atoms with van der Waals surface area (Å²) in [4.78, 5) is 0. The van der Waals surface area contributed by atoms with E-state index in [2.05, 4.69) is 17.3 Å². The third-order valence-electron chi connectivity index (χ3n) is 2.68. The van der Waals surface area contributed by atoms with Crippen LogP contribution in [0.15, 0.2) is 18.5 Å². The second kappa shape index (κ2) is 4.57. The predicted octanol–water partition coefficient (Wildman–Crippen LogP) is 0.650. The van der Waals surface area contributed by atoms with Crippen molar-refractivity contribution in [2.45, 2.75) is 32.0 Å². The van der Waals surface area contributed by atoms with Gasteiger partial charge >= 0.3 is 0 Å². The summed E-state index contributed by atoms with van der Waals surface area (Å²) in [7, 11) is 0. The third kappa shape index (κ3) is 2.33. The van der Waals surface area contributed by atoms with Crippen molar-refractivity contribution in [2.75, 3.05) is 13.2 Å². The number of aromatic nitrogens is 2. The summed E-state index contributed by atoms with van der Waals surface area (Å²) >= 11 is 0. The number of rotatable bonds is 4. The molecule has 0 radical (unpaired) electrons. The number of nitrogens with zero attached hydrogens (tertiary/aromatic N) is 2. The van der Waals surface area contributed by atoms with Crippen LogP contribution in [0, 0.1) is 0 Å². The molecule has 1 saturated heterocycles. The van der Waals surface area contributed by atoms with Crippen molar-refractivity contribution in [3.05, 3.63) is 18.5 Å². The number of ether oxygens (including phenoxy) is 1. The number of nitrogens with one attached hydrogen (secondary N) is 1. The van der Waals surface area contributed by atoms with Gasteiger partial charge in [-0.1, -0.05) is 0 Å². The lowest BCUT2D eigenvalue weighted by atomic mass is 10.1. The van der Waals surface area contributed by atoms with Crippen LogP contribution in [0.4, 0.5) is 0 Å². The number of hydrogen-bond acceptors (Lipinski definition) is 3. The molecule has 4 nitrogen and oxygen atoms in total. The highest BCUT2D eigenvalue weighted by molar-refractivity contribution is 4.80. The van der Waals surface area contributed by atoms with Gasteiger partial charge in [0, 0.05) is 31.6 Å². The summed E-state index contributed by atoms with van der Waals surface area (Å²) in [5, 5.41) is 7.63. The molecule has 0 bridgehead atoms. The lowest BCUT2D eigenvalue weighted by Gasteiger charge is -2.15. The smallest absolute Gasteiger partial charge is 0.0700 e. The van der Waals surface area contributed by atoms with E-state index in [1.807, 2.05) is 16.9 Å². The predicted molar refractivity (Wildman–Crippen MR) is 54.0 cm³/mol. The van der Waals surface area contributed by atoms with E-state index in [1.54, 1.807) is 6.20 Å². The first-order chi connectivity index (χ1) is 6.86. The maximum absolute atomic E-state index is 5.47. The van der Waals surface area contributed by atoms with Gasteiger partial charge in [-0.2, -0.15) is 5.10 Å². The maximum atomic E-state index is 5.47. The van der Waals surface area contributed by atoms with Crippen LogP contribution in [0.3, 0.4) is 0 Å². The summed E-state index contributed by atoms with van der Waals surface area (Å²) in [6.45, 7) is 4.90. The van der Waals surface area contributed by atoms with Crippen LogP contribution in [-0.4, -0.2) is 35.1 Å². The highest BCUT2D eigenvalue weighted by Gasteiger charge is 2.22. The van der Waals surface area contributed by atoms with Crippen molar-refractivity contribution in [3.63, 3.8) is 0 Å². The van der Waals surface area contributed by atoms with Crippen molar-refractivity contribution in [2.24, 2.45) is 0 Å². The van der Waals surface area contributed by atoms with Gasteiger partial charge in [0.15, 0.2) is 0 Å². The zero-order valence-electron chi connectivity index (χ0n) is 8.52. The van der Waals surface area contributed by atoms with Gasteiger partial charge in [0.05, 0.1) is 12.6 Å². The Morgan fingerprint density at radius 3 is 3.21 bits per heavy atom. The van der Waals surface area contributed by atoms with Crippen molar-refractivity contribution in [1.82, 2.24) is 15.1 Å². The van der Waals surface area contributed by atoms with Gasteiger partial charge in [-0.3, -0.25) is 4.68 Å². The molecule has 0 aliphatic carbocycles. The summed E-state index contributed by atoms with van der Waals surface area (Å²) in [6.07, 6.45) is 5.27. The maximum Gasteiger partial charge on any atom is 0.0700 e. The molecule has 14 heavy (non-hydrogen) atoms. The van der Waals surface area contributed by atoms with E-state index in [9.17, 15) is 0 Å². The van der Waals surface area contributed by atoms with Crippen molar-refractivity contribution < 1.29 is 4.74 Å². The largest absolute Gasteiger partial charge is 0.377 e. The van der Waals surface area contributed by atoms with Gasteiger partial charge < -0.3 is 10.1 Å². The molecule has 1 fully saturated rings. The second-order valence-corrected chi connectivity index (χ2v) is 3.69. The molecule has 0 aromatic carbocycles. The SMILES string of the molecule is CC1OCCC1NCCn1cccn1. The van der Waals surface area contributed by atoms with Gasteiger partial charge in [0.25, 0.3) is 0 Å². The Hall–Kier alpha value is -0.870. The first-order valence-corrected chi connectivity index (χ1v) is 5.18. The van der Waals surface area contributed by atoms with Gasteiger partial charge in [-0.05, 0) is 19.4 Å². The topological polar surface area (TPSA) is 39.1 Å². The lowest BCUT2D eigenvalue weighted by Crippen LogP contribution is -2.36. The molecule has 1 aliphatic rings. The fourth-order valence-electron chi connectivity index (χ4n) is 1.80. The molecule has 2 rings (SSSR count). The van der Waals surface area contributed by atoms with Crippen molar-refractivity contribution in [1.29, 1.82) is 0 Å². The summed E-state index contributed by atoms with van der Waals surface area (Å²) in [6, 6.07) is 2.46.